The van der Waals surface area contributed by atoms with Crippen molar-refractivity contribution in [2.75, 3.05) is 13.7 Å². The highest BCUT2D eigenvalue weighted by Gasteiger charge is 2.22. The number of benzene rings is 1. The van der Waals surface area contributed by atoms with Crippen LogP contribution in [0, 0.1) is 0 Å². The van der Waals surface area contributed by atoms with E-state index in [0.717, 1.165) is 24.4 Å². The van der Waals surface area contributed by atoms with Crippen LogP contribution < -0.4 is 5.32 Å². The Balaban J connectivity index is 2.09. The van der Waals surface area contributed by atoms with E-state index in [0.29, 0.717) is 12.1 Å². The van der Waals surface area contributed by atoms with Crippen molar-refractivity contribution in [3.8, 4) is 0 Å². The summed E-state index contributed by atoms with van der Waals surface area (Å²) in [6, 6.07) is 8.42. The molecule has 1 aromatic carbocycles. The van der Waals surface area contributed by atoms with Gasteiger partial charge in [-0.2, -0.15) is 0 Å². The molecule has 3 heteroatoms. The fourth-order valence-corrected chi connectivity index (χ4v) is 2.27. The van der Waals surface area contributed by atoms with E-state index >= 15 is 0 Å². The van der Waals surface area contributed by atoms with Crippen LogP contribution in [0.2, 0.25) is 5.02 Å². The van der Waals surface area contributed by atoms with Crippen LogP contribution in [0.5, 0.6) is 0 Å². The van der Waals surface area contributed by atoms with E-state index < -0.39 is 0 Å². The van der Waals surface area contributed by atoms with Gasteiger partial charge in [0.2, 0.25) is 0 Å². The summed E-state index contributed by atoms with van der Waals surface area (Å²) in [5.74, 6) is 0. The molecule has 1 heterocycles. The molecule has 1 N–H and O–H groups in total. The van der Waals surface area contributed by atoms with Crippen molar-refractivity contribution in [2.45, 2.75) is 25.0 Å². The maximum absolute atomic E-state index is 5.98. The molecule has 0 amide bonds. The number of rotatable bonds is 2. The molecular weight excluding hydrogens is 210 g/mol. The molecular formula is C12H16ClNO. The first-order valence-corrected chi connectivity index (χ1v) is 5.69. The molecule has 0 spiro atoms. The number of halogens is 1. The smallest absolute Gasteiger partial charge is 0.0601 e. The number of ether oxygens (including phenoxy) is 1. The first-order valence-electron chi connectivity index (χ1n) is 5.31. The van der Waals surface area contributed by atoms with E-state index in [4.69, 9.17) is 16.3 Å². The SMILES string of the molecule is COC1CCNC(c2cccc(Cl)c2)C1. The highest BCUT2D eigenvalue weighted by molar-refractivity contribution is 6.30. The van der Waals surface area contributed by atoms with Crippen molar-refractivity contribution >= 4 is 11.6 Å². The Morgan fingerprint density at radius 2 is 2.33 bits per heavy atom. The average Bonchev–Trinajstić information content (AvgIpc) is 2.29. The summed E-state index contributed by atoms with van der Waals surface area (Å²) in [6.07, 6.45) is 2.49. The van der Waals surface area contributed by atoms with Crippen LogP contribution in [0.15, 0.2) is 24.3 Å². The number of nitrogens with one attached hydrogen (secondary N) is 1. The molecule has 82 valence electrons. The minimum Gasteiger partial charge on any atom is -0.381 e. The van der Waals surface area contributed by atoms with Crippen molar-refractivity contribution in [3.05, 3.63) is 34.9 Å². The lowest BCUT2D eigenvalue weighted by atomic mass is 9.95. The van der Waals surface area contributed by atoms with E-state index in [1.165, 1.54) is 5.56 Å². The molecule has 1 aromatic rings. The van der Waals surface area contributed by atoms with Gasteiger partial charge >= 0.3 is 0 Å². The van der Waals surface area contributed by atoms with Crippen LogP contribution in [-0.2, 0) is 4.74 Å². The fraction of sp³-hybridized carbons (Fsp3) is 0.500. The summed E-state index contributed by atoms with van der Waals surface area (Å²) in [7, 11) is 1.78. The standard InChI is InChI=1S/C12H16ClNO/c1-15-11-5-6-14-12(8-11)9-3-2-4-10(13)7-9/h2-4,7,11-12,14H,5-6,8H2,1H3. The van der Waals surface area contributed by atoms with Gasteiger partial charge in [-0.05, 0) is 37.1 Å². The van der Waals surface area contributed by atoms with Crippen molar-refractivity contribution in [1.82, 2.24) is 5.32 Å². The highest BCUT2D eigenvalue weighted by Crippen LogP contribution is 2.26. The Morgan fingerprint density at radius 1 is 1.47 bits per heavy atom. The monoisotopic (exact) mass is 225 g/mol. The molecule has 2 nitrogen and oxygen atoms in total. The van der Waals surface area contributed by atoms with Gasteiger partial charge in [-0.25, -0.2) is 0 Å². The molecule has 0 bridgehead atoms. The lowest BCUT2D eigenvalue weighted by Crippen LogP contribution is -2.35. The summed E-state index contributed by atoms with van der Waals surface area (Å²) in [4.78, 5) is 0. The number of piperidine rings is 1. The second kappa shape index (κ2) is 4.97. The van der Waals surface area contributed by atoms with Crippen molar-refractivity contribution in [3.63, 3.8) is 0 Å². The molecule has 0 saturated carbocycles. The van der Waals surface area contributed by atoms with Gasteiger partial charge in [0.1, 0.15) is 0 Å². The minimum atomic E-state index is 0.371. The molecule has 15 heavy (non-hydrogen) atoms. The maximum Gasteiger partial charge on any atom is 0.0601 e. The second-order valence-electron chi connectivity index (χ2n) is 3.94. The normalized spacial score (nSPS) is 26.5. The molecule has 2 rings (SSSR count). The predicted molar refractivity (Wildman–Crippen MR) is 62.2 cm³/mol. The van der Waals surface area contributed by atoms with Crippen LogP contribution in [0.1, 0.15) is 24.4 Å². The van der Waals surface area contributed by atoms with Crippen molar-refractivity contribution in [2.24, 2.45) is 0 Å². The van der Waals surface area contributed by atoms with E-state index in [1.54, 1.807) is 7.11 Å². The van der Waals surface area contributed by atoms with Gasteiger partial charge in [-0.1, -0.05) is 23.7 Å². The Hall–Kier alpha value is -0.570. The van der Waals surface area contributed by atoms with Gasteiger partial charge in [0, 0.05) is 18.2 Å². The van der Waals surface area contributed by atoms with Crippen LogP contribution in [-0.4, -0.2) is 19.8 Å². The van der Waals surface area contributed by atoms with Crippen molar-refractivity contribution in [1.29, 1.82) is 0 Å². The summed E-state index contributed by atoms with van der Waals surface area (Å²) >= 11 is 5.98. The third-order valence-electron chi connectivity index (χ3n) is 2.94. The molecule has 2 atom stereocenters. The van der Waals surface area contributed by atoms with Crippen LogP contribution in [0.25, 0.3) is 0 Å². The topological polar surface area (TPSA) is 21.3 Å². The maximum atomic E-state index is 5.98. The Labute approximate surface area is 95.6 Å². The third-order valence-corrected chi connectivity index (χ3v) is 3.18. The molecule has 2 unspecified atom stereocenters. The molecule has 1 aliphatic rings. The fourth-order valence-electron chi connectivity index (χ4n) is 2.07. The predicted octanol–water partition coefficient (Wildman–Crippen LogP) is 2.78. The first-order chi connectivity index (χ1) is 7.29. The molecule has 0 radical (unpaired) electrons. The zero-order chi connectivity index (χ0) is 10.7. The molecule has 0 aromatic heterocycles. The molecule has 0 aliphatic carbocycles. The van der Waals surface area contributed by atoms with Crippen LogP contribution in [0.3, 0.4) is 0 Å². The van der Waals surface area contributed by atoms with E-state index in [1.807, 2.05) is 18.2 Å². The van der Waals surface area contributed by atoms with Crippen LogP contribution >= 0.6 is 11.6 Å². The quantitative estimate of drug-likeness (QED) is 0.836. The zero-order valence-electron chi connectivity index (χ0n) is 8.87. The summed E-state index contributed by atoms with van der Waals surface area (Å²) < 4.78 is 5.40. The molecule has 1 saturated heterocycles. The molecule has 1 aliphatic heterocycles. The minimum absolute atomic E-state index is 0.371. The van der Waals surface area contributed by atoms with E-state index in [-0.39, 0.29) is 0 Å². The van der Waals surface area contributed by atoms with E-state index in [9.17, 15) is 0 Å². The third kappa shape index (κ3) is 2.71. The van der Waals surface area contributed by atoms with Crippen LogP contribution in [0.4, 0.5) is 0 Å². The number of hydrogen-bond donors (Lipinski definition) is 1. The van der Waals surface area contributed by atoms with Gasteiger partial charge < -0.3 is 10.1 Å². The average molecular weight is 226 g/mol. The molecule has 1 fully saturated rings. The largest absolute Gasteiger partial charge is 0.381 e. The first kappa shape index (κ1) is 10.9. The van der Waals surface area contributed by atoms with Gasteiger partial charge in [-0.3, -0.25) is 0 Å². The second-order valence-corrected chi connectivity index (χ2v) is 4.38. The Kier molecular flexibility index (Phi) is 3.62. The Morgan fingerprint density at radius 3 is 3.07 bits per heavy atom. The zero-order valence-corrected chi connectivity index (χ0v) is 9.63. The number of hydrogen-bond acceptors (Lipinski definition) is 2. The van der Waals surface area contributed by atoms with Gasteiger partial charge in [0.05, 0.1) is 6.10 Å². The van der Waals surface area contributed by atoms with Crippen molar-refractivity contribution < 1.29 is 4.74 Å². The summed E-state index contributed by atoms with van der Waals surface area (Å²) in [6.45, 7) is 1.01. The lowest BCUT2D eigenvalue weighted by Gasteiger charge is -2.29. The summed E-state index contributed by atoms with van der Waals surface area (Å²) in [5.41, 5.74) is 1.25. The van der Waals surface area contributed by atoms with Gasteiger partial charge in [0.15, 0.2) is 0 Å². The Bertz CT molecular complexity index is 329. The van der Waals surface area contributed by atoms with Gasteiger partial charge in [-0.15, -0.1) is 0 Å². The van der Waals surface area contributed by atoms with Gasteiger partial charge in [0.25, 0.3) is 0 Å². The lowest BCUT2D eigenvalue weighted by molar-refractivity contribution is 0.0619. The summed E-state index contributed by atoms with van der Waals surface area (Å²) in [5, 5.41) is 4.29. The number of methoxy groups -OCH3 is 1. The van der Waals surface area contributed by atoms with E-state index in [2.05, 4.69) is 11.4 Å². The highest BCUT2D eigenvalue weighted by atomic mass is 35.5.